The van der Waals surface area contributed by atoms with Gasteiger partial charge in [0.2, 0.25) is 0 Å². The molecule has 0 aromatic heterocycles. The minimum absolute atomic E-state index is 0.108. The summed E-state index contributed by atoms with van der Waals surface area (Å²) in [6.45, 7) is 0. The maximum absolute atomic E-state index is 14.3. The fourth-order valence-corrected chi connectivity index (χ4v) is 2.86. The van der Waals surface area contributed by atoms with E-state index < -0.39 is 44.6 Å². The molecule has 0 atom stereocenters. The molecule has 0 aliphatic carbocycles. The van der Waals surface area contributed by atoms with Crippen molar-refractivity contribution < 1.29 is 40.2 Å². The van der Waals surface area contributed by atoms with Crippen molar-refractivity contribution in [3.8, 4) is 17.2 Å². The maximum atomic E-state index is 14.3. The number of benzene rings is 2. The fraction of sp³-hybridized carbons (Fsp3) is 0.188. The summed E-state index contributed by atoms with van der Waals surface area (Å²) in [6, 6.07) is 4.44. The van der Waals surface area contributed by atoms with Crippen molar-refractivity contribution >= 4 is 39.3 Å². The van der Waals surface area contributed by atoms with Crippen molar-refractivity contribution in [2.45, 2.75) is 6.36 Å². The smallest absolute Gasteiger partial charge is 0.456 e. The average molecular weight is 491 g/mol. The third kappa shape index (κ3) is 6.11. The van der Waals surface area contributed by atoms with Gasteiger partial charge in [-0.05, 0) is 18.2 Å². The van der Waals surface area contributed by atoms with Gasteiger partial charge in [0.25, 0.3) is 5.91 Å². The van der Waals surface area contributed by atoms with E-state index in [0.29, 0.717) is 10.4 Å². The number of carbonyl (C=O) groups excluding carboxylic acids is 1. The lowest BCUT2D eigenvalue weighted by Gasteiger charge is -2.14. The summed E-state index contributed by atoms with van der Waals surface area (Å²) in [4.78, 5) is 12.0. The van der Waals surface area contributed by atoms with Gasteiger partial charge < -0.3 is 9.47 Å². The number of carbonyl (C=O) groups is 1. The molecule has 1 N–H and O–H groups in total. The number of nitrogens with one attached hydrogen (secondary N) is 1. The van der Waals surface area contributed by atoms with E-state index in [1.807, 2.05) is 0 Å². The van der Waals surface area contributed by atoms with E-state index in [4.69, 9.17) is 27.9 Å². The molecule has 0 aliphatic rings. The fourth-order valence-electron chi connectivity index (χ4n) is 1.92. The molecule has 14 heteroatoms. The number of hydrogen-bond acceptors (Lipinski definition) is 5. The van der Waals surface area contributed by atoms with E-state index >= 15 is 0 Å². The van der Waals surface area contributed by atoms with Gasteiger partial charge in [0.05, 0.1) is 15.6 Å². The molecule has 1 amide bonds. The van der Waals surface area contributed by atoms with E-state index in [-0.39, 0.29) is 16.5 Å². The second-order valence-corrected chi connectivity index (χ2v) is 8.42. The second kappa shape index (κ2) is 8.84. The maximum Gasteiger partial charge on any atom is 0.573 e. The Bertz CT molecular complexity index is 1080. The molecule has 2 rings (SSSR count). The van der Waals surface area contributed by atoms with Crippen LogP contribution in [0.1, 0.15) is 10.4 Å². The first kappa shape index (κ1) is 24.0. The van der Waals surface area contributed by atoms with Crippen LogP contribution >= 0.6 is 23.2 Å². The lowest BCUT2D eigenvalue weighted by molar-refractivity contribution is -0.274. The van der Waals surface area contributed by atoms with Crippen LogP contribution in [0.3, 0.4) is 0 Å². The van der Waals surface area contributed by atoms with Gasteiger partial charge in [-0.25, -0.2) is 9.11 Å². The van der Waals surface area contributed by atoms with E-state index in [9.17, 15) is 30.8 Å². The zero-order valence-electron chi connectivity index (χ0n) is 15.1. The first-order chi connectivity index (χ1) is 13.7. The molecule has 0 spiro atoms. The molecule has 0 fully saturated rings. The normalized spacial score (nSPS) is 12.0. The number of hydrogen-bond donors (Lipinski definition) is 1. The van der Waals surface area contributed by atoms with Crippen molar-refractivity contribution in [1.82, 2.24) is 9.03 Å². The summed E-state index contributed by atoms with van der Waals surface area (Å²) in [6.07, 6.45) is -4.95. The summed E-state index contributed by atoms with van der Waals surface area (Å²) < 4.78 is 85.8. The zero-order chi connectivity index (χ0) is 22.9. The van der Waals surface area contributed by atoms with Gasteiger partial charge in [-0.15, -0.1) is 13.2 Å². The monoisotopic (exact) mass is 490 g/mol. The Kier molecular flexibility index (Phi) is 7.07. The van der Waals surface area contributed by atoms with Crippen molar-refractivity contribution in [2.75, 3.05) is 14.1 Å². The Morgan fingerprint density at radius 1 is 1.07 bits per heavy atom. The molecule has 30 heavy (non-hydrogen) atoms. The van der Waals surface area contributed by atoms with Gasteiger partial charge in [0.1, 0.15) is 23.1 Å². The minimum Gasteiger partial charge on any atom is -0.456 e. The predicted octanol–water partition coefficient (Wildman–Crippen LogP) is 4.36. The van der Waals surface area contributed by atoms with Gasteiger partial charge in [-0.2, -0.15) is 12.7 Å². The number of alkyl halides is 3. The molecule has 0 saturated carbocycles. The summed E-state index contributed by atoms with van der Waals surface area (Å²) in [5, 5.41) is -0.721. The summed E-state index contributed by atoms with van der Waals surface area (Å²) in [5.41, 5.74) is -0.676. The zero-order valence-corrected chi connectivity index (χ0v) is 17.4. The van der Waals surface area contributed by atoms with Crippen LogP contribution < -0.4 is 14.2 Å². The molecular weight excluding hydrogens is 479 g/mol. The molecule has 0 bridgehead atoms. The lowest BCUT2D eigenvalue weighted by Crippen LogP contribution is -2.39. The quantitative estimate of drug-likeness (QED) is 0.608. The Morgan fingerprint density at radius 3 is 2.20 bits per heavy atom. The van der Waals surface area contributed by atoms with Crippen LogP contribution in [-0.2, 0) is 10.2 Å². The SMILES string of the molecule is CN(C)S(=O)(=O)NC(=O)c1cc(Cl)c(Oc2ccc(OC(F)(F)F)c(Cl)c2)cc1F. The summed E-state index contributed by atoms with van der Waals surface area (Å²) in [7, 11) is -1.85. The van der Waals surface area contributed by atoms with Crippen molar-refractivity contribution in [1.29, 1.82) is 0 Å². The van der Waals surface area contributed by atoms with E-state index in [1.165, 1.54) is 0 Å². The van der Waals surface area contributed by atoms with Crippen LogP contribution in [0.25, 0.3) is 0 Å². The second-order valence-electron chi connectivity index (χ2n) is 5.72. The van der Waals surface area contributed by atoms with Gasteiger partial charge in [-0.1, -0.05) is 23.2 Å². The van der Waals surface area contributed by atoms with Crippen LogP contribution in [-0.4, -0.2) is 39.1 Å². The van der Waals surface area contributed by atoms with E-state index in [0.717, 1.165) is 38.4 Å². The minimum atomic E-state index is -4.95. The number of ether oxygens (including phenoxy) is 2. The number of rotatable bonds is 6. The lowest BCUT2D eigenvalue weighted by atomic mass is 10.2. The standard InChI is InChI=1S/C16H12Cl2F4N2O5S/c1-24(2)30(26,27)23-15(25)9-6-11(18)14(7-12(9)19)28-8-3-4-13(10(17)5-8)29-16(20,21)22/h3-7H,1-2H3,(H,23,25). The number of halogens is 6. The first-order valence-corrected chi connectivity index (χ1v) is 9.86. The third-order valence-corrected chi connectivity index (χ3v) is 5.32. The van der Waals surface area contributed by atoms with Crippen molar-refractivity contribution in [3.05, 3.63) is 51.8 Å². The molecule has 2 aromatic carbocycles. The summed E-state index contributed by atoms with van der Waals surface area (Å²) in [5.74, 6) is -3.52. The van der Waals surface area contributed by atoms with Crippen LogP contribution in [0.15, 0.2) is 30.3 Å². The van der Waals surface area contributed by atoms with E-state index in [1.54, 1.807) is 4.72 Å². The molecule has 0 unspecified atom stereocenters. The van der Waals surface area contributed by atoms with Crippen LogP contribution in [0.4, 0.5) is 17.6 Å². The van der Waals surface area contributed by atoms with Crippen LogP contribution in [0, 0.1) is 5.82 Å². The number of amides is 1. The molecule has 7 nitrogen and oxygen atoms in total. The summed E-state index contributed by atoms with van der Waals surface area (Å²) >= 11 is 11.7. The van der Waals surface area contributed by atoms with Gasteiger partial charge in [0, 0.05) is 26.2 Å². The first-order valence-electron chi connectivity index (χ1n) is 7.66. The van der Waals surface area contributed by atoms with Crippen molar-refractivity contribution in [2.24, 2.45) is 0 Å². The molecule has 0 heterocycles. The van der Waals surface area contributed by atoms with E-state index in [2.05, 4.69) is 4.74 Å². The predicted molar refractivity (Wildman–Crippen MR) is 99.7 cm³/mol. The Hall–Kier alpha value is -2.28. The topological polar surface area (TPSA) is 84.9 Å². The largest absolute Gasteiger partial charge is 0.573 e. The Balaban J connectivity index is 2.26. The average Bonchev–Trinajstić information content (AvgIpc) is 2.58. The highest BCUT2D eigenvalue weighted by Gasteiger charge is 2.32. The van der Waals surface area contributed by atoms with Crippen LogP contribution in [0.5, 0.6) is 17.2 Å². The van der Waals surface area contributed by atoms with Crippen molar-refractivity contribution in [3.63, 3.8) is 0 Å². The van der Waals surface area contributed by atoms with Gasteiger partial charge in [0.15, 0.2) is 0 Å². The molecule has 164 valence electrons. The molecule has 0 saturated heterocycles. The van der Waals surface area contributed by atoms with Crippen LogP contribution in [0.2, 0.25) is 10.0 Å². The Morgan fingerprint density at radius 2 is 1.67 bits per heavy atom. The molecule has 2 aromatic rings. The molecule has 0 radical (unpaired) electrons. The van der Waals surface area contributed by atoms with Gasteiger partial charge >= 0.3 is 16.6 Å². The Labute approximate surface area is 178 Å². The number of nitrogens with zero attached hydrogens (tertiary/aromatic N) is 1. The highest BCUT2D eigenvalue weighted by molar-refractivity contribution is 7.87. The third-order valence-electron chi connectivity index (χ3n) is 3.33. The van der Waals surface area contributed by atoms with Gasteiger partial charge in [-0.3, -0.25) is 4.79 Å². The highest BCUT2D eigenvalue weighted by atomic mass is 35.5. The highest BCUT2D eigenvalue weighted by Crippen LogP contribution is 2.36. The molecule has 0 aliphatic heterocycles. The molecular formula is C16H12Cl2F4N2O5S.